The molecule has 0 atom stereocenters. The van der Waals surface area contributed by atoms with Crippen molar-refractivity contribution in [2.45, 2.75) is 19.5 Å². The van der Waals surface area contributed by atoms with Crippen molar-refractivity contribution in [1.29, 1.82) is 0 Å². The lowest BCUT2D eigenvalue weighted by molar-refractivity contribution is -0.143. The minimum absolute atomic E-state index is 0.000396. The van der Waals surface area contributed by atoms with Gasteiger partial charge in [-0.05, 0) is 19.1 Å². The van der Waals surface area contributed by atoms with E-state index in [0.717, 1.165) is 16.8 Å². The van der Waals surface area contributed by atoms with Gasteiger partial charge in [0.05, 0.1) is 34.8 Å². The van der Waals surface area contributed by atoms with Crippen LogP contribution in [-0.2, 0) is 15.7 Å². The number of carbonyl (C=O) groups is 1. The van der Waals surface area contributed by atoms with Gasteiger partial charge in [0, 0.05) is 6.07 Å². The number of alkyl halides is 3. The molecule has 1 aromatic heterocycles. The minimum Gasteiger partial charge on any atom is -0.477 e. The predicted molar refractivity (Wildman–Crippen MR) is 85.3 cm³/mol. The van der Waals surface area contributed by atoms with Gasteiger partial charge in [-0.3, -0.25) is 4.79 Å². The van der Waals surface area contributed by atoms with Gasteiger partial charge in [-0.15, -0.1) is 0 Å². The number of ether oxygens (including phenoxy) is 2. The van der Waals surface area contributed by atoms with E-state index >= 15 is 0 Å². The largest absolute Gasteiger partial charge is 0.477 e. The molecule has 5 nitrogen and oxygen atoms in total. The summed E-state index contributed by atoms with van der Waals surface area (Å²) in [6, 6.07) is 2.98. The Hall–Kier alpha value is -1.93. The molecule has 2 rings (SSSR count). The summed E-state index contributed by atoms with van der Waals surface area (Å²) < 4.78 is 49.7. The number of nitrogens with zero attached hydrogens (tertiary/aromatic N) is 2. The third kappa shape index (κ3) is 4.79. The van der Waals surface area contributed by atoms with Crippen molar-refractivity contribution < 1.29 is 27.4 Å². The molecule has 0 spiro atoms. The fourth-order valence-electron chi connectivity index (χ4n) is 1.97. The van der Waals surface area contributed by atoms with Gasteiger partial charge >= 0.3 is 12.1 Å². The summed E-state index contributed by atoms with van der Waals surface area (Å²) in [5.41, 5.74) is -0.921. The van der Waals surface area contributed by atoms with Crippen molar-refractivity contribution in [2.24, 2.45) is 0 Å². The molecule has 1 heterocycles. The average Bonchev–Trinajstić information content (AvgIpc) is 2.94. The van der Waals surface area contributed by atoms with Crippen LogP contribution in [0.25, 0.3) is 5.69 Å². The molecule has 0 saturated heterocycles. The number of aromatic nitrogens is 2. The second-order valence-corrected chi connectivity index (χ2v) is 5.59. The summed E-state index contributed by atoms with van der Waals surface area (Å²) >= 11 is 11.9. The molecule has 25 heavy (non-hydrogen) atoms. The van der Waals surface area contributed by atoms with Crippen LogP contribution in [0.15, 0.2) is 24.4 Å². The van der Waals surface area contributed by atoms with Crippen molar-refractivity contribution >= 4 is 29.2 Å². The first kappa shape index (κ1) is 19.4. The molecule has 0 unspecified atom stereocenters. The van der Waals surface area contributed by atoms with Crippen LogP contribution < -0.4 is 4.74 Å². The summed E-state index contributed by atoms with van der Waals surface area (Å²) in [5.74, 6) is -0.257. The van der Waals surface area contributed by atoms with E-state index in [1.165, 1.54) is 12.3 Å². The van der Waals surface area contributed by atoms with Crippen LogP contribution >= 0.6 is 23.2 Å². The van der Waals surface area contributed by atoms with Gasteiger partial charge in [0.1, 0.15) is 12.3 Å². The van der Waals surface area contributed by atoms with E-state index in [1.807, 2.05) is 0 Å². The molecule has 0 saturated carbocycles. The van der Waals surface area contributed by atoms with Crippen LogP contribution in [0.3, 0.4) is 0 Å². The molecule has 0 radical (unpaired) electrons. The third-order valence-corrected chi connectivity index (χ3v) is 3.60. The molecule has 10 heteroatoms. The first-order valence-corrected chi connectivity index (χ1v) is 7.88. The Morgan fingerprint density at radius 2 is 1.92 bits per heavy atom. The monoisotopic (exact) mass is 396 g/mol. The maximum absolute atomic E-state index is 12.8. The first-order chi connectivity index (χ1) is 11.7. The Kier molecular flexibility index (Phi) is 6.18. The maximum atomic E-state index is 12.8. The zero-order chi connectivity index (χ0) is 18.6. The summed E-state index contributed by atoms with van der Waals surface area (Å²) in [6.45, 7) is 1.94. The van der Waals surface area contributed by atoms with Gasteiger partial charge in [0.15, 0.2) is 0 Å². The second-order valence-electron chi connectivity index (χ2n) is 4.77. The van der Waals surface area contributed by atoms with Gasteiger partial charge < -0.3 is 9.47 Å². The SMILES string of the molecule is CCOC(=O)CCOc1ccnn1-c1c(Cl)cc(C(F)(F)F)cc1Cl. The van der Waals surface area contributed by atoms with E-state index in [4.69, 9.17) is 32.7 Å². The van der Waals surface area contributed by atoms with E-state index in [1.54, 1.807) is 6.92 Å². The Labute approximate surface area is 151 Å². The number of carbonyl (C=O) groups excluding carboxylic acids is 1. The van der Waals surface area contributed by atoms with Gasteiger partial charge in [0.25, 0.3) is 0 Å². The highest BCUT2D eigenvalue weighted by Gasteiger charge is 2.32. The Bertz CT molecular complexity index is 740. The molecule has 136 valence electrons. The van der Waals surface area contributed by atoms with Crippen molar-refractivity contribution in [3.05, 3.63) is 40.0 Å². The molecule has 1 aromatic carbocycles. The maximum Gasteiger partial charge on any atom is 0.416 e. The summed E-state index contributed by atoms with van der Waals surface area (Å²) in [7, 11) is 0. The fourth-order valence-corrected chi connectivity index (χ4v) is 2.62. The van der Waals surface area contributed by atoms with Crippen LogP contribution in [0.2, 0.25) is 10.0 Å². The van der Waals surface area contributed by atoms with Crippen LogP contribution in [0, 0.1) is 0 Å². The van der Waals surface area contributed by atoms with Crippen LogP contribution in [0.1, 0.15) is 18.9 Å². The predicted octanol–water partition coefficient (Wildman–Crippen LogP) is 4.53. The van der Waals surface area contributed by atoms with Crippen molar-refractivity contribution in [1.82, 2.24) is 9.78 Å². The Morgan fingerprint density at radius 1 is 1.28 bits per heavy atom. The van der Waals surface area contributed by atoms with Crippen LogP contribution in [0.4, 0.5) is 13.2 Å². The summed E-state index contributed by atoms with van der Waals surface area (Å²) in [6.07, 6.45) is -3.20. The number of benzene rings is 1. The standard InChI is InChI=1S/C15H13Cl2F3N2O3/c1-2-24-13(23)4-6-25-12-3-5-21-22(12)14-10(16)7-9(8-11(14)17)15(18,19)20/h3,5,7-8H,2,4,6H2,1H3. The fraction of sp³-hybridized carbons (Fsp3) is 0.333. The smallest absolute Gasteiger partial charge is 0.416 e. The number of hydrogen-bond donors (Lipinski definition) is 0. The second kappa shape index (κ2) is 7.97. The lowest BCUT2D eigenvalue weighted by atomic mass is 10.2. The summed E-state index contributed by atoms with van der Waals surface area (Å²) in [4.78, 5) is 11.3. The highest BCUT2D eigenvalue weighted by atomic mass is 35.5. The van der Waals surface area contributed by atoms with E-state index in [9.17, 15) is 18.0 Å². The Balaban J connectivity index is 2.23. The minimum atomic E-state index is -4.57. The molecule has 0 fully saturated rings. The molecule has 0 amide bonds. The van der Waals surface area contributed by atoms with Gasteiger partial charge in [0.2, 0.25) is 5.88 Å². The zero-order valence-corrected chi connectivity index (χ0v) is 14.5. The van der Waals surface area contributed by atoms with E-state index < -0.39 is 17.7 Å². The van der Waals surface area contributed by atoms with Crippen molar-refractivity contribution in [3.63, 3.8) is 0 Å². The topological polar surface area (TPSA) is 53.4 Å². The highest BCUT2D eigenvalue weighted by Crippen LogP contribution is 2.38. The molecule has 2 aromatic rings. The number of esters is 1. The normalized spacial score (nSPS) is 11.4. The lowest BCUT2D eigenvalue weighted by Gasteiger charge is -2.14. The van der Waals surface area contributed by atoms with Crippen LogP contribution in [-0.4, -0.2) is 29.0 Å². The quantitative estimate of drug-likeness (QED) is 0.673. The highest BCUT2D eigenvalue weighted by molar-refractivity contribution is 6.37. The Morgan fingerprint density at radius 3 is 2.48 bits per heavy atom. The molecule has 0 aliphatic rings. The molecule has 0 bridgehead atoms. The lowest BCUT2D eigenvalue weighted by Crippen LogP contribution is -2.12. The molecular formula is C15H13Cl2F3N2O3. The van der Waals surface area contributed by atoms with Crippen molar-refractivity contribution in [2.75, 3.05) is 13.2 Å². The van der Waals surface area contributed by atoms with E-state index in [0.29, 0.717) is 0 Å². The third-order valence-electron chi connectivity index (χ3n) is 3.03. The molecule has 0 aliphatic heterocycles. The molecular weight excluding hydrogens is 384 g/mol. The summed E-state index contributed by atoms with van der Waals surface area (Å²) in [5, 5.41) is 3.48. The first-order valence-electron chi connectivity index (χ1n) is 7.13. The van der Waals surface area contributed by atoms with Gasteiger partial charge in [-0.25, -0.2) is 0 Å². The van der Waals surface area contributed by atoms with Gasteiger partial charge in [-0.1, -0.05) is 23.2 Å². The van der Waals surface area contributed by atoms with E-state index in [2.05, 4.69) is 5.10 Å². The van der Waals surface area contributed by atoms with E-state index in [-0.39, 0.29) is 41.2 Å². The number of halogens is 5. The van der Waals surface area contributed by atoms with Gasteiger partial charge in [-0.2, -0.15) is 23.0 Å². The molecule has 0 aliphatic carbocycles. The number of hydrogen-bond acceptors (Lipinski definition) is 4. The van der Waals surface area contributed by atoms with Crippen LogP contribution in [0.5, 0.6) is 5.88 Å². The average molecular weight is 397 g/mol. The molecule has 0 N–H and O–H groups in total. The van der Waals surface area contributed by atoms with Crippen molar-refractivity contribution in [3.8, 4) is 11.6 Å². The number of rotatable bonds is 6. The zero-order valence-electron chi connectivity index (χ0n) is 12.9.